The van der Waals surface area contributed by atoms with Crippen LogP contribution in [-0.2, 0) is 12.8 Å². The van der Waals surface area contributed by atoms with Crippen molar-refractivity contribution in [3.8, 4) is 0 Å². The Morgan fingerprint density at radius 2 is 2.24 bits per heavy atom. The summed E-state index contributed by atoms with van der Waals surface area (Å²) in [6.45, 7) is 4.17. The number of nitrogens with one attached hydrogen (secondary N) is 1. The molecule has 0 radical (unpaired) electrons. The van der Waals surface area contributed by atoms with Gasteiger partial charge < -0.3 is 0 Å². The van der Waals surface area contributed by atoms with Crippen molar-refractivity contribution in [2.24, 2.45) is 5.84 Å². The van der Waals surface area contributed by atoms with E-state index in [2.05, 4.69) is 41.1 Å². The number of hydrogen-bond donors (Lipinski definition) is 2. The second-order valence-corrected chi connectivity index (χ2v) is 6.22. The molecule has 2 rings (SSSR count). The molecule has 0 aliphatic heterocycles. The normalized spacial score (nSPS) is 12.9. The monoisotopic (exact) mass is 267 g/mol. The lowest BCUT2D eigenvalue weighted by molar-refractivity contribution is 0.522. The van der Waals surface area contributed by atoms with Crippen molar-refractivity contribution in [3.05, 3.63) is 38.0 Å². The van der Waals surface area contributed by atoms with E-state index >= 15 is 0 Å². The van der Waals surface area contributed by atoms with Gasteiger partial charge in [0.2, 0.25) is 0 Å². The van der Waals surface area contributed by atoms with Gasteiger partial charge in [-0.2, -0.15) is 11.3 Å². The van der Waals surface area contributed by atoms with Crippen molar-refractivity contribution >= 4 is 22.7 Å². The molecule has 5 heteroatoms. The first-order valence-corrected chi connectivity index (χ1v) is 7.35. The standard InChI is InChI=1S/C12H17N3S2/c1-8-9(2)17-12(14-8)6-11(15-13)5-10-3-4-16-7-10/h3-4,7,11,15H,5-6,13H2,1-2H3. The minimum absolute atomic E-state index is 0.259. The van der Waals surface area contributed by atoms with E-state index in [0.717, 1.165) is 23.5 Å². The summed E-state index contributed by atoms with van der Waals surface area (Å²) >= 11 is 3.49. The quantitative estimate of drug-likeness (QED) is 0.646. The third kappa shape index (κ3) is 3.35. The van der Waals surface area contributed by atoms with E-state index in [4.69, 9.17) is 5.84 Å². The molecule has 17 heavy (non-hydrogen) atoms. The molecule has 0 fully saturated rings. The Kier molecular flexibility index (Phi) is 4.28. The lowest BCUT2D eigenvalue weighted by Gasteiger charge is -2.13. The van der Waals surface area contributed by atoms with E-state index in [0.29, 0.717) is 0 Å². The highest BCUT2D eigenvalue weighted by Gasteiger charge is 2.12. The van der Waals surface area contributed by atoms with Crippen molar-refractivity contribution in [1.82, 2.24) is 10.4 Å². The molecular weight excluding hydrogens is 250 g/mol. The maximum Gasteiger partial charge on any atom is 0.0947 e. The molecule has 0 aliphatic carbocycles. The summed E-state index contributed by atoms with van der Waals surface area (Å²) in [6, 6.07) is 2.41. The highest BCUT2D eigenvalue weighted by molar-refractivity contribution is 7.11. The average Bonchev–Trinajstić information content (AvgIpc) is 2.89. The molecular formula is C12H17N3S2. The Bertz CT molecular complexity index is 443. The molecule has 1 atom stereocenters. The van der Waals surface area contributed by atoms with Gasteiger partial charge in [0, 0.05) is 17.3 Å². The summed E-state index contributed by atoms with van der Waals surface area (Å²) in [4.78, 5) is 5.85. The van der Waals surface area contributed by atoms with Gasteiger partial charge in [0.15, 0.2) is 0 Å². The molecule has 0 aromatic carbocycles. The SMILES string of the molecule is Cc1nc(CC(Cc2ccsc2)NN)sc1C. The van der Waals surface area contributed by atoms with Crippen molar-refractivity contribution in [3.63, 3.8) is 0 Å². The molecule has 0 saturated heterocycles. The first kappa shape index (κ1) is 12.7. The van der Waals surface area contributed by atoms with Crippen LogP contribution in [0.15, 0.2) is 16.8 Å². The summed E-state index contributed by atoms with van der Waals surface area (Å²) in [6.07, 6.45) is 1.85. The van der Waals surface area contributed by atoms with Crippen LogP contribution >= 0.6 is 22.7 Å². The number of thiophene rings is 1. The first-order valence-electron chi connectivity index (χ1n) is 5.59. The van der Waals surface area contributed by atoms with Gasteiger partial charge in [-0.05, 0) is 42.7 Å². The van der Waals surface area contributed by atoms with Gasteiger partial charge in [-0.15, -0.1) is 11.3 Å². The van der Waals surface area contributed by atoms with Crippen LogP contribution < -0.4 is 11.3 Å². The summed E-state index contributed by atoms with van der Waals surface area (Å²) in [7, 11) is 0. The molecule has 0 aliphatic rings. The minimum atomic E-state index is 0.259. The van der Waals surface area contributed by atoms with E-state index in [1.165, 1.54) is 10.4 Å². The van der Waals surface area contributed by atoms with Crippen LogP contribution in [0.2, 0.25) is 0 Å². The fourth-order valence-electron chi connectivity index (χ4n) is 1.72. The van der Waals surface area contributed by atoms with Crippen molar-refractivity contribution in [2.75, 3.05) is 0 Å². The van der Waals surface area contributed by atoms with Gasteiger partial charge in [0.1, 0.15) is 0 Å². The fourth-order valence-corrected chi connectivity index (χ4v) is 3.42. The van der Waals surface area contributed by atoms with E-state index in [9.17, 15) is 0 Å². The van der Waals surface area contributed by atoms with Crippen molar-refractivity contribution < 1.29 is 0 Å². The molecule has 3 nitrogen and oxygen atoms in total. The van der Waals surface area contributed by atoms with Gasteiger partial charge in [0.25, 0.3) is 0 Å². The van der Waals surface area contributed by atoms with Crippen LogP contribution in [0.5, 0.6) is 0 Å². The summed E-state index contributed by atoms with van der Waals surface area (Å²) in [5.74, 6) is 5.61. The number of aryl methyl sites for hydroxylation is 2. The Balaban J connectivity index is 2.00. The summed E-state index contributed by atoms with van der Waals surface area (Å²) in [5, 5.41) is 5.43. The minimum Gasteiger partial charge on any atom is -0.271 e. The summed E-state index contributed by atoms with van der Waals surface area (Å²) < 4.78 is 0. The Labute approximate surface area is 110 Å². The zero-order valence-electron chi connectivity index (χ0n) is 10.1. The van der Waals surface area contributed by atoms with Crippen LogP contribution in [-0.4, -0.2) is 11.0 Å². The number of nitrogens with zero attached hydrogens (tertiary/aromatic N) is 1. The number of rotatable bonds is 5. The third-order valence-corrected chi connectivity index (χ3v) is 4.62. The van der Waals surface area contributed by atoms with Gasteiger partial charge in [-0.1, -0.05) is 0 Å². The molecule has 0 saturated carbocycles. The zero-order valence-corrected chi connectivity index (χ0v) is 11.7. The molecule has 2 aromatic rings. The number of hydrazine groups is 1. The highest BCUT2D eigenvalue weighted by Crippen LogP contribution is 2.19. The van der Waals surface area contributed by atoms with Crippen LogP contribution in [0.25, 0.3) is 0 Å². The first-order chi connectivity index (χ1) is 8.19. The lowest BCUT2D eigenvalue weighted by atomic mass is 10.1. The fraction of sp³-hybridized carbons (Fsp3) is 0.417. The van der Waals surface area contributed by atoms with Gasteiger partial charge >= 0.3 is 0 Å². The largest absolute Gasteiger partial charge is 0.271 e. The molecule has 2 aromatic heterocycles. The van der Waals surface area contributed by atoms with Crippen LogP contribution in [0.1, 0.15) is 21.1 Å². The molecule has 1 unspecified atom stereocenters. The number of aromatic nitrogens is 1. The number of hydrogen-bond acceptors (Lipinski definition) is 5. The van der Waals surface area contributed by atoms with E-state index in [1.807, 2.05) is 0 Å². The Morgan fingerprint density at radius 1 is 1.41 bits per heavy atom. The Morgan fingerprint density at radius 3 is 2.76 bits per heavy atom. The van der Waals surface area contributed by atoms with Gasteiger partial charge in [-0.3, -0.25) is 11.3 Å². The third-order valence-electron chi connectivity index (χ3n) is 2.79. The predicted octanol–water partition coefficient (Wildman–Crippen LogP) is 2.44. The second kappa shape index (κ2) is 5.73. The number of nitrogens with two attached hydrogens (primary N) is 1. The molecule has 92 valence electrons. The van der Waals surface area contributed by atoms with Gasteiger partial charge in [0.05, 0.1) is 10.7 Å². The van der Waals surface area contributed by atoms with E-state index < -0.39 is 0 Å². The van der Waals surface area contributed by atoms with Crippen LogP contribution in [0.4, 0.5) is 0 Å². The van der Waals surface area contributed by atoms with E-state index in [1.54, 1.807) is 22.7 Å². The Hall–Kier alpha value is -0.750. The number of thiazole rings is 1. The topological polar surface area (TPSA) is 50.9 Å². The molecule has 3 N–H and O–H groups in total. The van der Waals surface area contributed by atoms with E-state index in [-0.39, 0.29) is 6.04 Å². The maximum atomic E-state index is 5.61. The highest BCUT2D eigenvalue weighted by atomic mass is 32.1. The van der Waals surface area contributed by atoms with Crippen molar-refractivity contribution in [1.29, 1.82) is 0 Å². The molecule has 0 bridgehead atoms. The predicted molar refractivity (Wildman–Crippen MR) is 74.4 cm³/mol. The average molecular weight is 267 g/mol. The van der Waals surface area contributed by atoms with Crippen LogP contribution in [0.3, 0.4) is 0 Å². The summed E-state index contributed by atoms with van der Waals surface area (Å²) in [5.41, 5.74) is 5.36. The second-order valence-electron chi connectivity index (χ2n) is 4.15. The molecule has 2 heterocycles. The lowest BCUT2D eigenvalue weighted by Crippen LogP contribution is -2.38. The maximum absolute atomic E-state index is 5.61. The van der Waals surface area contributed by atoms with Crippen molar-refractivity contribution in [2.45, 2.75) is 32.7 Å². The zero-order chi connectivity index (χ0) is 12.3. The van der Waals surface area contributed by atoms with Gasteiger partial charge in [-0.25, -0.2) is 4.98 Å². The molecule has 0 spiro atoms. The molecule has 0 amide bonds. The van der Waals surface area contributed by atoms with Crippen LogP contribution in [0, 0.1) is 13.8 Å². The smallest absolute Gasteiger partial charge is 0.0947 e.